The van der Waals surface area contributed by atoms with Crippen molar-refractivity contribution in [2.24, 2.45) is 5.92 Å². The summed E-state index contributed by atoms with van der Waals surface area (Å²) in [7, 11) is 0. The summed E-state index contributed by atoms with van der Waals surface area (Å²) in [5.74, 6) is -0.172. The number of thiazole rings is 1. The van der Waals surface area contributed by atoms with E-state index in [-0.39, 0.29) is 18.4 Å². The zero-order valence-electron chi connectivity index (χ0n) is 12.0. The molecule has 0 radical (unpaired) electrons. The summed E-state index contributed by atoms with van der Waals surface area (Å²) >= 11 is 1.41. The number of nitrogens with zero attached hydrogens (tertiary/aromatic N) is 2. The lowest BCUT2D eigenvalue weighted by atomic mass is 10.0. The Morgan fingerprint density at radius 2 is 2.29 bits per heavy atom. The van der Waals surface area contributed by atoms with Crippen molar-refractivity contribution in [1.29, 1.82) is 0 Å². The average molecular weight is 305 g/mol. The molecule has 2 rings (SSSR count). The molecular weight excluding hydrogens is 286 g/mol. The van der Waals surface area contributed by atoms with Crippen LogP contribution in [0.25, 0.3) is 0 Å². The Morgan fingerprint density at radius 1 is 1.43 bits per heavy atom. The number of rotatable bonds is 7. The Hall–Kier alpha value is -1.79. The quantitative estimate of drug-likeness (QED) is 0.816. The van der Waals surface area contributed by atoms with E-state index in [1.54, 1.807) is 12.4 Å². The fourth-order valence-electron chi connectivity index (χ4n) is 1.92. The minimum atomic E-state index is -0.133. The van der Waals surface area contributed by atoms with Gasteiger partial charge in [-0.25, -0.2) is 4.98 Å². The second-order valence-corrected chi connectivity index (χ2v) is 5.87. The van der Waals surface area contributed by atoms with Crippen molar-refractivity contribution >= 4 is 17.2 Å². The lowest BCUT2D eigenvalue weighted by Crippen LogP contribution is -2.31. The van der Waals surface area contributed by atoms with E-state index < -0.39 is 0 Å². The van der Waals surface area contributed by atoms with Gasteiger partial charge in [0.2, 0.25) is 0 Å². The number of aromatic nitrogens is 2. The highest BCUT2D eigenvalue weighted by molar-refractivity contribution is 7.13. The van der Waals surface area contributed by atoms with Gasteiger partial charge < -0.3 is 10.4 Å². The molecule has 2 aromatic heterocycles. The second kappa shape index (κ2) is 7.85. The molecule has 0 bridgehead atoms. The number of aliphatic hydroxyl groups excluding tert-OH is 1. The Kier molecular flexibility index (Phi) is 5.83. The third kappa shape index (κ3) is 4.61. The van der Waals surface area contributed by atoms with E-state index in [1.165, 1.54) is 11.3 Å². The van der Waals surface area contributed by atoms with Crippen molar-refractivity contribution in [3.8, 4) is 0 Å². The third-order valence-corrected chi connectivity index (χ3v) is 4.25. The SMILES string of the molecule is CCc1ncc(C(=O)NCC(CO)Cc2ccccn2)s1. The number of hydrogen-bond donors (Lipinski definition) is 2. The summed E-state index contributed by atoms with van der Waals surface area (Å²) in [4.78, 5) is 21.0. The standard InChI is InChI=1S/C15H19N3O2S/c1-2-14-17-9-13(21-14)15(20)18-8-11(10-19)7-12-5-3-4-6-16-12/h3-6,9,11,19H,2,7-8,10H2,1H3,(H,18,20). The molecule has 2 aromatic rings. The predicted octanol–water partition coefficient (Wildman–Crippen LogP) is 1.68. The van der Waals surface area contributed by atoms with Gasteiger partial charge in [-0.15, -0.1) is 11.3 Å². The maximum atomic E-state index is 12.0. The van der Waals surface area contributed by atoms with E-state index >= 15 is 0 Å². The Bertz CT molecular complexity index is 571. The van der Waals surface area contributed by atoms with Crippen LogP contribution in [0.2, 0.25) is 0 Å². The number of carbonyl (C=O) groups is 1. The molecule has 0 aromatic carbocycles. The lowest BCUT2D eigenvalue weighted by molar-refractivity contribution is 0.0943. The van der Waals surface area contributed by atoms with Gasteiger partial charge in [-0.2, -0.15) is 0 Å². The molecule has 1 amide bonds. The van der Waals surface area contributed by atoms with Gasteiger partial charge in [-0.05, 0) is 25.0 Å². The maximum Gasteiger partial charge on any atom is 0.263 e. The first-order valence-electron chi connectivity index (χ1n) is 6.96. The topological polar surface area (TPSA) is 75.1 Å². The summed E-state index contributed by atoms with van der Waals surface area (Å²) in [6.45, 7) is 2.44. The molecule has 0 aliphatic carbocycles. The molecule has 2 heterocycles. The minimum absolute atomic E-state index is 0.0136. The van der Waals surface area contributed by atoms with E-state index in [0.29, 0.717) is 17.8 Å². The van der Waals surface area contributed by atoms with Gasteiger partial charge in [0.25, 0.3) is 5.91 Å². The van der Waals surface area contributed by atoms with Gasteiger partial charge in [-0.1, -0.05) is 13.0 Å². The largest absolute Gasteiger partial charge is 0.396 e. The molecule has 0 aliphatic heterocycles. The molecule has 5 nitrogen and oxygen atoms in total. The van der Waals surface area contributed by atoms with Crippen LogP contribution in [0.3, 0.4) is 0 Å². The van der Waals surface area contributed by atoms with Crippen LogP contribution >= 0.6 is 11.3 Å². The molecule has 21 heavy (non-hydrogen) atoms. The van der Waals surface area contributed by atoms with Gasteiger partial charge in [0.15, 0.2) is 0 Å². The smallest absolute Gasteiger partial charge is 0.263 e. The van der Waals surface area contributed by atoms with Gasteiger partial charge in [0.05, 0.1) is 11.2 Å². The van der Waals surface area contributed by atoms with Crippen LogP contribution in [-0.4, -0.2) is 34.1 Å². The first-order chi connectivity index (χ1) is 10.2. The van der Waals surface area contributed by atoms with Crippen molar-refractivity contribution in [2.75, 3.05) is 13.2 Å². The molecule has 0 aliphatic rings. The molecule has 0 saturated heterocycles. The zero-order chi connectivity index (χ0) is 15.1. The Balaban J connectivity index is 1.86. The number of nitrogens with one attached hydrogen (secondary N) is 1. The van der Waals surface area contributed by atoms with Gasteiger partial charge in [0, 0.05) is 31.0 Å². The Labute approximate surface area is 128 Å². The number of hydrogen-bond acceptors (Lipinski definition) is 5. The van der Waals surface area contributed by atoms with Gasteiger partial charge in [0.1, 0.15) is 4.88 Å². The summed E-state index contributed by atoms with van der Waals surface area (Å²) in [6.07, 6.45) is 4.80. The molecule has 1 unspecified atom stereocenters. The second-order valence-electron chi connectivity index (χ2n) is 4.76. The zero-order valence-corrected chi connectivity index (χ0v) is 12.8. The third-order valence-electron chi connectivity index (χ3n) is 3.11. The van der Waals surface area contributed by atoms with Crippen LogP contribution in [0.15, 0.2) is 30.6 Å². The van der Waals surface area contributed by atoms with E-state index in [4.69, 9.17) is 0 Å². The summed E-state index contributed by atoms with van der Waals surface area (Å²) in [5, 5.41) is 13.2. The summed E-state index contributed by atoms with van der Waals surface area (Å²) in [6, 6.07) is 5.69. The fourth-order valence-corrected chi connectivity index (χ4v) is 2.69. The highest BCUT2D eigenvalue weighted by Gasteiger charge is 2.14. The number of aryl methyl sites for hydroxylation is 1. The summed E-state index contributed by atoms with van der Waals surface area (Å²) < 4.78 is 0. The number of aliphatic hydroxyl groups is 1. The number of carbonyl (C=O) groups excluding carboxylic acids is 1. The van der Waals surface area contributed by atoms with Crippen molar-refractivity contribution in [1.82, 2.24) is 15.3 Å². The van der Waals surface area contributed by atoms with Crippen LogP contribution in [0.4, 0.5) is 0 Å². The van der Waals surface area contributed by atoms with E-state index in [0.717, 1.165) is 17.1 Å². The van der Waals surface area contributed by atoms with Crippen LogP contribution in [0, 0.1) is 5.92 Å². The van der Waals surface area contributed by atoms with Crippen LogP contribution in [-0.2, 0) is 12.8 Å². The Morgan fingerprint density at radius 3 is 2.90 bits per heavy atom. The van der Waals surface area contributed by atoms with Crippen LogP contribution in [0.5, 0.6) is 0 Å². The van der Waals surface area contributed by atoms with Crippen molar-refractivity contribution in [3.63, 3.8) is 0 Å². The van der Waals surface area contributed by atoms with Crippen molar-refractivity contribution in [3.05, 3.63) is 46.2 Å². The number of amides is 1. The molecular formula is C15H19N3O2S. The molecule has 1 atom stereocenters. The first kappa shape index (κ1) is 15.6. The van der Waals surface area contributed by atoms with E-state index in [2.05, 4.69) is 15.3 Å². The molecule has 112 valence electrons. The molecule has 6 heteroatoms. The van der Waals surface area contributed by atoms with Crippen molar-refractivity contribution in [2.45, 2.75) is 19.8 Å². The lowest BCUT2D eigenvalue weighted by Gasteiger charge is -2.14. The predicted molar refractivity (Wildman–Crippen MR) is 82.3 cm³/mol. The number of pyridine rings is 1. The first-order valence-corrected chi connectivity index (χ1v) is 7.78. The molecule has 0 fully saturated rings. The fraction of sp³-hybridized carbons (Fsp3) is 0.400. The molecule has 0 spiro atoms. The van der Waals surface area contributed by atoms with Gasteiger partial charge in [-0.3, -0.25) is 9.78 Å². The van der Waals surface area contributed by atoms with Gasteiger partial charge >= 0.3 is 0 Å². The van der Waals surface area contributed by atoms with Crippen molar-refractivity contribution < 1.29 is 9.90 Å². The summed E-state index contributed by atoms with van der Waals surface area (Å²) in [5.41, 5.74) is 0.914. The maximum absolute atomic E-state index is 12.0. The van der Waals surface area contributed by atoms with E-state index in [9.17, 15) is 9.90 Å². The molecule has 0 saturated carbocycles. The monoisotopic (exact) mass is 305 g/mol. The minimum Gasteiger partial charge on any atom is -0.396 e. The van der Waals surface area contributed by atoms with E-state index in [1.807, 2.05) is 25.1 Å². The highest BCUT2D eigenvalue weighted by Crippen LogP contribution is 2.13. The van der Waals surface area contributed by atoms with Crippen LogP contribution in [0.1, 0.15) is 27.3 Å². The van der Waals surface area contributed by atoms with Crippen LogP contribution < -0.4 is 5.32 Å². The molecule has 2 N–H and O–H groups in total. The average Bonchev–Trinajstić information content (AvgIpc) is 3.01. The normalized spacial score (nSPS) is 12.1. The highest BCUT2D eigenvalue weighted by atomic mass is 32.1.